The van der Waals surface area contributed by atoms with E-state index in [9.17, 15) is 14.4 Å². The highest BCUT2D eigenvalue weighted by Gasteiger charge is 2.27. The zero-order valence-electron chi connectivity index (χ0n) is 16.8. The molecule has 1 saturated heterocycles. The average Bonchev–Trinajstić information content (AvgIpc) is 3.08. The molecule has 1 aliphatic rings. The molecule has 9 nitrogen and oxygen atoms in total. The summed E-state index contributed by atoms with van der Waals surface area (Å²) < 4.78 is 4.27. The molecule has 0 aliphatic carbocycles. The molecule has 1 fully saturated rings. The van der Waals surface area contributed by atoms with Crippen LogP contribution >= 0.6 is 11.6 Å². The summed E-state index contributed by atoms with van der Waals surface area (Å²) in [5.41, 5.74) is 5.91. The van der Waals surface area contributed by atoms with Crippen LogP contribution in [0.4, 0.5) is 5.95 Å². The highest BCUT2D eigenvalue weighted by atomic mass is 35.5. The van der Waals surface area contributed by atoms with E-state index in [2.05, 4.69) is 4.98 Å². The molecule has 10 heteroatoms. The number of benzene rings is 1. The van der Waals surface area contributed by atoms with E-state index in [0.29, 0.717) is 53.6 Å². The summed E-state index contributed by atoms with van der Waals surface area (Å²) in [7, 11) is 3.36. The number of aromatic nitrogens is 4. The molecule has 2 aromatic heterocycles. The van der Waals surface area contributed by atoms with Gasteiger partial charge in [-0.1, -0.05) is 29.8 Å². The third-order valence-corrected chi connectivity index (χ3v) is 6.17. The molecule has 0 bridgehead atoms. The zero-order valence-corrected chi connectivity index (χ0v) is 17.6. The van der Waals surface area contributed by atoms with Gasteiger partial charge in [0.05, 0.1) is 6.54 Å². The summed E-state index contributed by atoms with van der Waals surface area (Å²) in [6, 6.07) is 7.12. The molecule has 3 aromatic rings. The Bertz CT molecular complexity index is 1250. The summed E-state index contributed by atoms with van der Waals surface area (Å²) in [6.07, 6.45) is 1.27. The van der Waals surface area contributed by atoms with Crippen molar-refractivity contribution in [1.29, 1.82) is 0 Å². The van der Waals surface area contributed by atoms with Crippen LogP contribution in [0.25, 0.3) is 11.2 Å². The van der Waals surface area contributed by atoms with Gasteiger partial charge in [-0.3, -0.25) is 18.7 Å². The predicted molar refractivity (Wildman–Crippen MR) is 115 cm³/mol. The van der Waals surface area contributed by atoms with Gasteiger partial charge in [0, 0.05) is 38.1 Å². The van der Waals surface area contributed by atoms with Gasteiger partial charge in [-0.2, -0.15) is 4.98 Å². The molecule has 4 rings (SSSR count). The first kappa shape index (κ1) is 20.2. The van der Waals surface area contributed by atoms with E-state index < -0.39 is 11.2 Å². The SMILES string of the molecule is Cn1c(N2CCC(C(N)=O)CC2)nc2c1c(=O)n(Cc1ccccc1Cl)c(=O)n2C. The second-order valence-electron chi connectivity index (χ2n) is 7.63. The molecule has 3 heterocycles. The largest absolute Gasteiger partial charge is 0.369 e. The van der Waals surface area contributed by atoms with Crippen LogP contribution in [0.2, 0.25) is 5.02 Å². The molecule has 158 valence electrons. The van der Waals surface area contributed by atoms with Crippen molar-refractivity contribution in [3.8, 4) is 0 Å². The van der Waals surface area contributed by atoms with Gasteiger partial charge >= 0.3 is 5.69 Å². The number of fused-ring (bicyclic) bond motifs is 1. The van der Waals surface area contributed by atoms with E-state index in [4.69, 9.17) is 17.3 Å². The van der Waals surface area contributed by atoms with Gasteiger partial charge in [-0.05, 0) is 24.5 Å². The van der Waals surface area contributed by atoms with Gasteiger partial charge < -0.3 is 15.2 Å². The lowest BCUT2D eigenvalue weighted by Gasteiger charge is -2.31. The third kappa shape index (κ3) is 3.28. The molecule has 30 heavy (non-hydrogen) atoms. The Morgan fingerprint density at radius 1 is 1.17 bits per heavy atom. The maximum Gasteiger partial charge on any atom is 0.332 e. The van der Waals surface area contributed by atoms with Crippen molar-refractivity contribution in [2.45, 2.75) is 19.4 Å². The lowest BCUT2D eigenvalue weighted by atomic mass is 9.96. The molecule has 0 unspecified atom stereocenters. The first-order valence-electron chi connectivity index (χ1n) is 9.73. The summed E-state index contributed by atoms with van der Waals surface area (Å²) >= 11 is 6.23. The van der Waals surface area contributed by atoms with Crippen LogP contribution in [0.5, 0.6) is 0 Å². The number of imidazole rings is 1. The van der Waals surface area contributed by atoms with E-state index in [0.717, 1.165) is 0 Å². The number of piperidine rings is 1. The fraction of sp³-hybridized carbons (Fsp3) is 0.400. The van der Waals surface area contributed by atoms with Crippen molar-refractivity contribution in [2.75, 3.05) is 18.0 Å². The number of aryl methyl sites for hydroxylation is 2. The minimum absolute atomic E-state index is 0.0750. The van der Waals surface area contributed by atoms with Crippen LogP contribution in [0, 0.1) is 5.92 Å². The molecular weight excluding hydrogens is 408 g/mol. The molecule has 0 atom stereocenters. The summed E-state index contributed by atoms with van der Waals surface area (Å²) in [4.78, 5) is 44.2. The number of rotatable bonds is 4. The minimum atomic E-state index is -0.454. The number of nitrogens with two attached hydrogens (primary N) is 1. The highest BCUT2D eigenvalue weighted by Crippen LogP contribution is 2.24. The predicted octanol–water partition coefficient (Wildman–Crippen LogP) is 0.837. The van der Waals surface area contributed by atoms with Crippen LogP contribution in [0.3, 0.4) is 0 Å². The van der Waals surface area contributed by atoms with Crippen LogP contribution in [0.1, 0.15) is 18.4 Å². The molecule has 1 aromatic carbocycles. The topological polar surface area (TPSA) is 108 Å². The van der Waals surface area contributed by atoms with Crippen molar-refractivity contribution in [2.24, 2.45) is 25.7 Å². The summed E-state index contributed by atoms with van der Waals surface area (Å²) in [5, 5.41) is 0.495. The number of carbonyl (C=O) groups is 1. The van der Waals surface area contributed by atoms with Crippen molar-refractivity contribution < 1.29 is 4.79 Å². The Kier molecular flexibility index (Phi) is 5.15. The van der Waals surface area contributed by atoms with Crippen LogP contribution in [0.15, 0.2) is 33.9 Å². The Morgan fingerprint density at radius 2 is 1.83 bits per heavy atom. The van der Waals surface area contributed by atoms with E-state index in [1.165, 1.54) is 9.13 Å². The second kappa shape index (κ2) is 7.64. The lowest BCUT2D eigenvalue weighted by molar-refractivity contribution is -0.122. The lowest BCUT2D eigenvalue weighted by Crippen LogP contribution is -2.40. The van der Waals surface area contributed by atoms with Crippen molar-refractivity contribution in [1.82, 2.24) is 18.7 Å². The summed E-state index contributed by atoms with van der Waals surface area (Å²) in [5.74, 6) is 0.160. The molecule has 0 spiro atoms. The Morgan fingerprint density at radius 3 is 2.47 bits per heavy atom. The van der Waals surface area contributed by atoms with Gasteiger partial charge in [0.15, 0.2) is 11.2 Å². The number of halogens is 1. The number of primary amides is 1. The smallest absolute Gasteiger partial charge is 0.332 e. The summed E-state index contributed by atoms with van der Waals surface area (Å²) in [6.45, 7) is 1.28. The maximum atomic E-state index is 13.2. The number of hydrogen-bond acceptors (Lipinski definition) is 5. The monoisotopic (exact) mass is 430 g/mol. The van der Waals surface area contributed by atoms with Crippen molar-refractivity contribution in [3.05, 3.63) is 55.7 Å². The number of hydrogen-bond donors (Lipinski definition) is 1. The van der Waals surface area contributed by atoms with E-state index >= 15 is 0 Å². The molecule has 1 aliphatic heterocycles. The first-order valence-corrected chi connectivity index (χ1v) is 10.1. The maximum absolute atomic E-state index is 13.2. The van der Waals surface area contributed by atoms with Crippen molar-refractivity contribution >= 4 is 34.6 Å². The third-order valence-electron chi connectivity index (χ3n) is 5.80. The van der Waals surface area contributed by atoms with E-state index in [1.54, 1.807) is 36.9 Å². The molecular formula is C20H23ClN6O3. The molecule has 2 N–H and O–H groups in total. The van der Waals surface area contributed by atoms with Crippen LogP contribution in [-0.4, -0.2) is 37.7 Å². The molecule has 0 saturated carbocycles. The van der Waals surface area contributed by atoms with Gasteiger partial charge in [0.25, 0.3) is 5.56 Å². The fourth-order valence-corrected chi connectivity index (χ4v) is 4.21. The first-order chi connectivity index (χ1) is 14.3. The van der Waals surface area contributed by atoms with Gasteiger partial charge in [-0.15, -0.1) is 0 Å². The van der Waals surface area contributed by atoms with Gasteiger partial charge in [0.2, 0.25) is 11.9 Å². The minimum Gasteiger partial charge on any atom is -0.369 e. The quantitative estimate of drug-likeness (QED) is 0.659. The average molecular weight is 431 g/mol. The van der Waals surface area contributed by atoms with Crippen molar-refractivity contribution in [3.63, 3.8) is 0 Å². The van der Waals surface area contributed by atoms with Gasteiger partial charge in [-0.25, -0.2) is 4.79 Å². The Balaban J connectivity index is 1.78. The highest BCUT2D eigenvalue weighted by molar-refractivity contribution is 6.31. The second-order valence-corrected chi connectivity index (χ2v) is 8.04. The van der Waals surface area contributed by atoms with Crippen LogP contribution in [-0.2, 0) is 25.4 Å². The Labute approximate surface area is 177 Å². The van der Waals surface area contributed by atoms with Crippen LogP contribution < -0.4 is 21.9 Å². The van der Waals surface area contributed by atoms with E-state index in [-0.39, 0.29) is 18.4 Å². The number of anilines is 1. The molecule has 0 radical (unpaired) electrons. The normalized spacial score (nSPS) is 15.1. The van der Waals surface area contributed by atoms with Gasteiger partial charge in [0.1, 0.15) is 0 Å². The van der Waals surface area contributed by atoms with E-state index in [1.807, 2.05) is 11.0 Å². The number of nitrogens with zero attached hydrogens (tertiary/aromatic N) is 5. The standard InChI is InChI=1S/C20H23ClN6O3/c1-24-15-17(23-19(24)26-9-7-12(8-10-26)16(22)28)25(2)20(30)27(18(15)29)11-13-5-3-4-6-14(13)21/h3-6,12H,7-11H2,1-2H3,(H2,22,28). The number of amides is 1. The fourth-order valence-electron chi connectivity index (χ4n) is 4.02. The Hall–Kier alpha value is -3.07. The number of carbonyl (C=O) groups excluding carboxylic acids is 1. The zero-order chi connectivity index (χ0) is 21.6. The molecule has 1 amide bonds.